The zero-order valence-corrected chi connectivity index (χ0v) is 11.8. The van der Waals surface area contributed by atoms with E-state index in [4.69, 9.17) is 16.3 Å². The van der Waals surface area contributed by atoms with Crippen molar-refractivity contribution < 1.29 is 4.74 Å². The molecule has 4 nitrogen and oxygen atoms in total. The molecule has 0 aliphatic carbocycles. The van der Waals surface area contributed by atoms with Gasteiger partial charge in [0.05, 0.1) is 21.5 Å². The zero-order chi connectivity index (χ0) is 13.0. The first kappa shape index (κ1) is 13.3. The Morgan fingerprint density at radius 1 is 1.39 bits per heavy atom. The van der Waals surface area contributed by atoms with Crippen LogP contribution >= 0.6 is 22.9 Å². The molecule has 0 atom stereocenters. The van der Waals surface area contributed by atoms with E-state index < -0.39 is 0 Å². The monoisotopic (exact) mass is 283 g/mol. The van der Waals surface area contributed by atoms with Crippen LogP contribution in [0.1, 0.15) is 12.6 Å². The first-order valence-electron chi connectivity index (χ1n) is 5.59. The van der Waals surface area contributed by atoms with E-state index in [2.05, 4.69) is 15.3 Å². The van der Waals surface area contributed by atoms with Crippen LogP contribution in [0.3, 0.4) is 0 Å². The van der Waals surface area contributed by atoms with Crippen LogP contribution in [-0.2, 0) is 11.3 Å². The second kappa shape index (κ2) is 6.13. The minimum atomic E-state index is 0.465. The molecule has 0 aromatic carbocycles. The predicted molar refractivity (Wildman–Crippen MR) is 75.2 cm³/mol. The molecule has 96 valence electrons. The van der Waals surface area contributed by atoms with Crippen LogP contribution in [0.15, 0.2) is 18.2 Å². The molecule has 2 aromatic rings. The number of hydrogen-bond donors (Lipinski definition) is 1. The molecular weight excluding hydrogens is 270 g/mol. The minimum absolute atomic E-state index is 0.465. The van der Waals surface area contributed by atoms with Crippen molar-refractivity contribution in [2.75, 3.05) is 19.0 Å². The molecule has 0 aliphatic heterocycles. The van der Waals surface area contributed by atoms with E-state index in [1.54, 1.807) is 7.11 Å². The van der Waals surface area contributed by atoms with Gasteiger partial charge in [-0.25, -0.2) is 9.97 Å². The van der Waals surface area contributed by atoms with Crippen LogP contribution in [0.25, 0.3) is 10.7 Å². The molecule has 2 rings (SSSR count). The highest BCUT2D eigenvalue weighted by Crippen LogP contribution is 2.29. The number of hydrogen-bond acceptors (Lipinski definition) is 5. The van der Waals surface area contributed by atoms with Gasteiger partial charge in [0.2, 0.25) is 0 Å². The van der Waals surface area contributed by atoms with Gasteiger partial charge in [-0.05, 0) is 19.1 Å². The van der Waals surface area contributed by atoms with E-state index in [1.807, 2.05) is 25.1 Å². The number of ether oxygens (including phenoxy) is 1. The second-order valence-electron chi connectivity index (χ2n) is 3.64. The van der Waals surface area contributed by atoms with Gasteiger partial charge in [0.1, 0.15) is 5.82 Å². The van der Waals surface area contributed by atoms with Gasteiger partial charge in [0.15, 0.2) is 5.82 Å². The quantitative estimate of drug-likeness (QED) is 0.913. The Morgan fingerprint density at radius 3 is 2.83 bits per heavy atom. The fourth-order valence-corrected chi connectivity index (χ4v) is 2.51. The van der Waals surface area contributed by atoms with Crippen molar-refractivity contribution >= 4 is 28.8 Å². The van der Waals surface area contributed by atoms with E-state index in [1.165, 1.54) is 11.3 Å². The smallest absolute Gasteiger partial charge is 0.171 e. The molecule has 0 unspecified atom stereocenters. The fourth-order valence-electron chi connectivity index (χ4n) is 1.54. The van der Waals surface area contributed by atoms with E-state index in [0.29, 0.717) is 12.4 Å². The van der Waals surface area contributed by atoms with Gasteiger partial charge >= 0.3 is 0 Å². The summed E-state index contributed by atoms with van der Waals surface area (Å²) in [7, 11) is 1.65. The average molecular weight is 284 g/mol. The molecule has 2 heterocycles. The van der Waals surface area contributed by atoms with Crippen molar-refractivity contribution in [1.29, 1.82) is 0 Å². The van der Waals surface area contributed by atoms with E-state index >= 15 is 0 Å². The van der Waals surface area contributed by atoms with Crippen molar-refractivity contribution in [3.05, 3.63) is 28.2 Å². The molecule has 1 N–H and O–H groups in total. The summed E-state index contributed by atoms with van der Waals surface area (Å²) in [6.45, 7) is 3.31. The third kappa shape index (κ3) is 3.19. The topological polar surface area (TPSA) is 47.0 Å². The average Bonchev–Trinajstić information content (AvgIpc) is 2.76. The first-order chi connectivity index (χ1) is 8.72. The van der Waals surface area contributed by atoms with Crippen LogP contribution in [0.4, 0.5) is 5.82 Å². The minimum Gasteiger partial charge on any atom is -0.378 e. The number of aromatic nitrogens is 2. The maximum absolute atomic E-state index is 5.93. The molecule has 0 radical (unpaired) electrons. The summed E-state index contributed by atoms with van der Waals surface area (Å²) < 4.78 is 5.85. The summed E-state index contributed by atoms with van der Waals surface area (Å²) in [6, 6.07) is 5.67. The Hall–Kier alpha value is -1.17. The Morgan fingerprint density at radius 2 is 2.22 bits per heavy atom. The molecular formula is C12H14ClN3OS. The lowest BCUT2D eigenvalue weighted by molar-refractivity contribution is 0.181. The Kier molecular flexibility index (Phi) is 4.52. The molecule has 0 spiro atoms. The molecule has 0 amide bonds. The van der Waals surface area contributed by atoms with Crippen molar-refractivity contribution in [1.82, 2.24) is 9.97 Å². The van der Waals surface area contributed by atoms with Crippen molar-refractivity contribution in [2.24, 2.45) is 0 Å². The van der Waals surface area contributed by atoms with Crippen LogP contribution < -0.4 is 5.32 Å². The lowest BCUT2D eigenvalue weighted by Gasteiger charge is -2.07. The van der Waals surface area contributed by atoms with Gasteiger partial charge < -0.3 is 10.1 Å². The van der Waals surface area contributed by atoms with Gasteiger partial charge in [-0.2, -0.15) is 0 Å². The third-order valence-corrected chi connectivity index (χ3v) is 3.45. The normalized spacial score (nSPS) is 10.6. The molecule has 0 bridgehead atoms. The molecule has 0 aliphatic rings. The number of anilines is 1. The van der Waals surface area contributed by atoms with Gasteiger partial charge in [-0.1, -0.05) is 11.6 Å². The molecule has 6 heteroatoms. The third-order valence-electron chi connectivity index (χ3n) is 2.22. The Labute approximate surface area is 115 Å². The number of halogens is 1. The number of methoxy groups -OCH3 is 1. The van der Waals surface area contributed by atoms with Gasteiger partial charge in [-0.3, -0.25) is 0 Å². The highest BCUT2D eigenvalue weighted by Gasteiger charge is 2.08. The number of rotatable bonds is 5. The summed E-state index contributed by atoms with van der Waals surface area (Å²) in [5.41, 5.74) is 0.850. The molecule has 0 saturated heterocycles. The molecule has 0 fully saturated rings. The first-order valence-corrected chi connectivity index (χ1v) is 6.79. The largest absolute Gasteiger partial charge is 0.378 e. The van der Waals surface area contributed by atoms with Crippen molar-refractivity contribution in [3.8, 4) is 10.7 Å². The van der Waals surface area contributed by atoms with Crippen LogP contribution in [-0.4, -0.2) is 23.6 Å². The molecule has 0 saturated carbocycles. The van der Waals surface area contributed by atoms with Crippen molar-refractivity contribution in [3.63, 3.8) is 0 Å². The molecule has 2 aromatic heterocycles. The maximum atomic E-state index is 5.93. The van der Waals surface area contributed by atoms with Crippen molar-refractivity contribution in [2.45, 2.75) is 13.5 Å². The second-order valence-corrected chi connectivity index (χ2v) is 5.35. The summed E-state index contributed by atoms with van der Waals surface area (Å²) in [5.74, 6) is 1.48. The summed E-state index contributed by atoms with van der Waals surface area (Å²) in [5, 5.41) is 3.19. The van der Waals surface area contributed by atoms with Crippen LogP contribution in [0, 0.1) is 0 Å². The highest BCUT2D eigenvalue weighted by molar-refractivity contribution is 7.19. The van der Waals surface area contributed by atoms with E-state index in [0.717, 1.165) is 27.3 Å². The lowest BCUT2D eigenvalue weighted by atomic mass is 10.3. The Bertz CT molecular complexity index is 506. The predicted octanol–water partition coefficient (Wildman–Crippen LogP) is 3.44. The number of nitrogens with zero attached hydrogens (tertiary/aromatic N) is 2. The van der Waals surface area contributed by atoms with Crippen LogP contribution in [0.5, 0.6) is 0 Å². The summed E-state index contributed by atoms with van der Waals surface area (Å²) in [4.78, 5) is 9.88. The molecule has 18 heavy (non-hydrogen) atoms. The highest BCUT2D eigenvalue weighted by atomic mass is 35.5. The number of thiophene rings is 1. The van der Waals surface area contributed by atoms with Crippen LogP contribution in [0.2, 0.25) is 4.34 Å². The SMILES string of the molecule is CCNc1cc(COC)nc(-c2ccc(Cl)s2)n1. The maximum Gasteiger partial charge on any atom is 0.171 e. The lowest BCUT2D eigenvalue weighted by Crippen LogP contribution is -2.04. The standard InChI is InChI=1S/C12H14ClN3OS/c1-3-14-11-6-8(7-17-2)15-12(16-11)9-4-5-10(13)18-9/h4-6H,3,7H2,1-2H3,(H,14,15,16). The summed E-state index contributed by atoms with van der Waals surface area (Å²) >= 11 is 7.40. The van der Waals surface area contributed by atoms with E-state index in [9.17, 15) is 0 Å². The summed E-state index contributed by atoms with van der Waals surface area (Å²) in [6.07, 6.45) is 0. The van der Waals surface area contributed by atoms with E-state index in [-0.39, 0.29) is 0 Å². The number of nitrogens with one attached hydrogen (secondary N) is 1. The Balaban J connectivity index is 2.39. The van der Waals surface area contributed by atoms with Gasteiger partial charge in [0.25, 0.3) is 0 Å². The zero-order valence-electron chi connectivity index (χ0n) is 10.2. The fraction of sp³-hybridized carbons (Fsp3) is 0.333. The van der Waals surface area contributed by atoms with Gasteiger partial charge in [0, 0.05) is 19.7 Å². The van der Waals surface area contributed by atoms with Gasteiger partial charge in [-0.15, -0.1) is 11.3 Å².